The van der Waals surface area contributed by atoms with Gasteiger partial charge in [-0.3, -0.25) is 9.78 Å². The van der Waals surface area contributed by atoms with Gasteiger partial charge in [0.15, 0.2) is 5.82 Å². The first kappa shape index (κ1) is 11.0. The van der Waals surface area contributed by atoms with Crippen LogP contribution in [-0.2, 0) is 7.05 Å². The van der Waals surface area contributed by atoms with Crippen molar-refractivity contribution in [2.24, 2.45) is 12.1 Å². The summed E-state index contributed by atoms with van der Waals surface area (Å²) in [4.78, 5) is 19.5. The number of hydrogen-bond acceptors (Lipinski definition) is 4. The predicted molar refractivity (Wildman–Crippen MR) is 62.5 cm³/mol. The number of amides is 1. The third-order valence-electron chi connectivity index (χ3n) is 2.13. The topological polar surface area (TPSA) is 72.2 Å². The van der Waals surface area contributed by atoms with Gasteiger partial charge in [0.05, 0.1) is 11.8 Å². The molecule has 1 N–H and O–H groups in total. The Bertz CT molecular complexity index is 532. The predicted octanol–water partition coefficient (Wildman–Crippen LogP) is 0.579. The summed E-state index contributed by atoms with van der Waals surface area (Å²) in [5.41, 5.74) is 2.86. The van der Waals surface area contributed by atoms with E-state index >= 15 is 0 Å². The van der Waals surface area contributed by atoms with Crippen LogP contribution in [0, 0.1) is 0 Å². The number of carbonyl (C=O) groups is 1. The molecule has 0 bridgehead atoms. The van der Waals surface area contributed by atoms with Gasteiger partial charge in [-0.2, -0.15) is 5.10 Å². The van der Waals surface area contributed by atoms with Gasteiger partial charge in [-0.15, -0.1) is 0 Å². The first-order valence-corrected chi connectivity index (χ1v) is 4.98. The molecule has 0 aliphatic heterocycles. The Morgan fingerprint density at radius 2 is 2.41 bits per heavy atom. The molecule has 0 saturated heterocycles. The van der Waals surface area contributed by atoms with E-state index in [-0.39, 0.29) is 5.91 Å². The van der Waals surface area contributed by atoms with E-state index in [2.05, 4.69) is 20.5 Å². The zero-order valence-electron chi connectivity index (χ0n) is 9.24. The third kappa shape index (κ3) is 2.75. The lowest BCUT2D eigenvalue weighted by molar-refractivity contribution is 0.0955. The van der Waals surface area contributed by atoms with Crippen molar-refractivity contribution in [3.05, 3.63) is 48.3 Å². The average Bonchev–Trinajstić information content (AvgIpc) is 2.76. The van der Waals surface area contributed by atoms with E-state index in [0.29, 0.717) is 11.4 Å². The SMILES string of the molecule is Cn1ccnc1/C=N/NC(=O)c1cccnc1. The van der Waals surface area contributed by atoms with Crippen LogP contribution in [0.15, 0.2) is 42.0 Å². The molecule has 0 atom stereocenters. The minimum atomic E-state index is -0.302. The van der Waals surface area contributed by atoms with E-state index < -0.39 is 0 Å². The molecule has 2 rings (SSSR count). The molecule has 86 valence electrons. The molecule has 2 aromatic heterocycles. The van der Waals surface area contributed by atoms with Crippen LogP contribution in [0.2, 0.25) is 0 Å². The highest BCUT2D eigenvalue weighted by Crippen LogP contribution is 1.95. The normalized spacial score (nSPS) is 10.6. The van der Waals surface area contributed by atoms with Crippen LogP contribution in [0.4, 0.5) is 0 Å². The lowest BCUT2D eigenvalue weighted by Crippen LogP contribution is -2.18. The summed E-state index contributed by atoms with van der Waals surface area (Å²) < 4.78 is 1.79. The van der Waals surface area contributed by atoms with Crippen molar-refractivity contribution in [1.29, 1.82) is 0 Å². The summed E-state index contributed by atoms with van der Waals surface area (Å²) >= 11 is 0. The van der Waals surface area contributed by atoms with Crippen molar-refractivity contribution in [3.63, 3.8) is 0 Å². The number of imidazole rings is 1. The van der Waals surface area contributed by atoms with Gasteiger partial charge in [0.2, 0.25) is 0 Å². The van der Waals surface area contributed by atoms with Crippen molar-refractivity contribution >= 4 is 12.1 Å². The van der Waals surface area contributed by atoms with Crippen molar-refractivity contribution in [3.8, 4) is 0 Å². The van der Waals surface area contributed by atoms with Crippen LogP contribution in [0.1, 0.15) is 16.2 Å². The molecule has 0 fully saturated rings. The fraction of sp³-hybridized carbons (Fsp3) is 0.0909. The first-order valence-electron chi connectivity index (χ1n) is 4.98. The number of aromatic nitrogens is 3. The van der Waals surface area contributed by atoms with Gasteiger partial charge in [-0.05, 0) is 12.1 Å². The summed E-state index contributed by atoms with van der Waals surface area (Å²) in [5, 5.41) is 3.82. The van der Waals surface area contributed by atoms with Gasteiger partial charge in [0.25, 0.3) is 5.91 Å². The molecule has 1 amide bonds. The Morgan fingerprint density at radius 1 is 1.53 bits per heavy atom. The zero-order chi connectivity index (χ0) is 12.1. The van der Waals surface area contributed by atoms with Gasteiger partial charge in [0.1, 0.15) is 0 Å². The van der Waals surface area contributed by atoms with Gasteiger partial charge >= 0.3 is 0 Å². The minimum absolute atomic E-state index is 0.302. The highest BCUT2D eigenvalue weighted by atomic mass is 16.2. The van der Waals surface area contributed by atoms with Gasteiger partial charge in [0, 0.05) is 31.8 Å². The molecular formula is C11H11N5O. The molecule has 0 spiro atoms. The Kier molecular flexibility index (Phi) is 3.25. The molecule has 6 nitrogen and oxygen atoms in total. The van der Waals surface area contributed by atoms with Gasteiger partial charge in [-0.1, -0.05) is 0 Å². The number of hydrogen-bond donors (Lipinski definition) is 1. The lowest BCUT2D eigenvalue weighted by atomic mass is 10.3. The fourth-order valence-corrected chi connectivity index (χ4v) is 1.21. The van der Waals surface area contributed by atoms with E-state index in [9.17, 15) is 4.79 Å². The Morgan fingerprint density at radius 3 is 3.06 bits per heavy atom. The molecule has 6 heteroatoms. The van der Waals surface area contributed by atoms with Crippen LogP contribution in [-0.4, -0.2) is 26.7 Å². The zero-order valence-corrected chi connectivity index (χ0v) is 9.24. The lowest BCUT2D eigenvalue weighted by Gasteiger charge is -1.98. The number of aryl methyl sites for hydroxylation is 1. The van der Waals surface area contributed by atoms with E-state index in [0.717, 1.165) is 0 Å². The van der Waals surface area contributed by atoms with Crippen molar-refractivity contribution < 1.29 is 4.79 Å². The molecule has 0 saturated carbocycles. The monoisotopic (exact) mass is 229 g/mol. The summed E-state index contributed by atoms with van der Waals surface area (Å²) in [5.74, 6) is 0.361. The number of nitrogens with zero attached hydrogens (tertiary/aromatic N) is 4. The first-order chi connectivity index (χ1) is 8.27. The van der Waals surface area contributed by atoms with E-state index in [1.54, 1.807) is 35.3 Å². The van der Waals surface area contributed by atoms with Crippen LogP contribution in [0.5, 0.6) is 0 Å². The highest BCUT2D eigenvalue weighted by Gasteiger charge is 2.02. The fourth-order valence-electron chi connectivity index (χ4n) is 1.21. The van der Waals surface area contributed by atoms with Gasteiger partial charge in [-0.25, -0.2) is 10.4 Å². The molecule has 0 unspecified atom stereocenters. The highest BCUT2D eigenvalue weighted by molar-refractivity contribution is 5.94. The Labute approximate surface area is 98.0 Å². The molecule has 17 heavy (non-hydrogen) atoms. The summed E-state index contributed by atoms with van der Waals surface area (Å²) in [6.45, 7) is 0. The summed E-state index contributed by atoms with van der Waals surface area (Å²) in [6.07, 6.45) is 8.02. The second-order valence-corrected chi connectivity index (χ2v) is 3.34. The van der Waals surface area contributed by atoms with Crippen molar-refractivity contribution in [1.82, 2.24) is 20.0 Å². The molecule has 0 aliphatic rings. The van der Waals surface area contributed by atoms with Crippen molar-refractivity contribution in [2.75, 3.05) is 0 Å². The maximum absolute atomic E-state index is 11.6. The maximum atomic E-state index is 11.6. The number of nitrogens with one attached hydrogen (secondary N) is 1. The molecule has 0 radical (unpaired) electrons. The van der Waals surface area contributed by atoms with Gasteiger partial charge < -0.3 is 4.57 Å². The minimum Gasteiger partial charge on any atom is -0.333 e. The number of pyridine rings is 1. The van der Waals surface area contributed by atoms with E-state index in [4.69, 9.17) is 0 Å². The molecule has 2 heterocycles. The maximum Gasteiger partial charge on any atom is 0.272 e. The smallest absolute Gasteiger partial charge is 0.272 e. The molecule has 2 aromatic rings. The van der Waals surface area contributed by atoms with Crippen LogP contribution >= 0.6 is 0 Å². The second-order valence-electron chi connectivity index (χ2n) is 3.34. The summed E-state index contributed by atoms with van der Waals surface area (Å²) in [6, 6.07) is 3.36. The molecule has 0 aromatic carbocycles. The van der Waals surface area contributed by atoms with E-state index in [1.807, 2.05) is 7.05 Å². The molecular weight excluding hydrogens is 218 g/mol. The Hall–Kier alpha value is -2.50. The number of rotatable bonds is 3. The third-order valence-corrected chi connectivity index (χ3v) is 2.13. The number of carbonyl (C=O) groups excluding carboxylic acids is 1. The Balaban J connectivity index is 1.97. The largest absolute Gasteiger partial charge is 0.333 e. The second kappa shape index (κ2) is 5.02. The van der Waals surface area contributed by atoms with Crippen molar-refractivity contribution in [2.45, 2.75) is 0 Å². The summed E-state index contributed by atoms with van der Waals surface area (Å²) in [7, 11) is 1.84. The average molecular weight is 229 g/mol. The molecule has 0 aliphatic carbocycles. The quantitative estimate of drug-likeness (QED) is 0.618. The van der Waals surface area contributed by atoms with Crippen LogP contribution in [0.25, 0.3) is 0 Å². The van der Waals surface area contributed by atoms with Crippen LogP contribution in [0.3, 0.4) is 0 Å². The number of hydrazone groups is 1. The standard InChI is InChI=1S/C11H11N5O/c1-16-6-5-13-10(16)8-14-15-11(17)9-3-2-4-12-7-9/h2-8H,1H3,(H,15,17)/b14-8+. The van der Waals surface area contributed by atoms with E-state index in [1.165, 1.54) is 12.4 Å². The van der Waals surface area contributed by atoms with Crippen LogP contribution < -0.4 is 5.43 Å².